The van der Waals surface area contributed by atoms with E-state index in [0.29, 0.717) is 40.0 Å². The van der Waals surface area contributed by atoms with Gasteiger partial charge in [-0.25, -0.2) is 9.37 Å². The molecule has 1 fully saturated rings. The second kappa shape index (κ2) is 9.38. The van der Waals surface area contributed by atoms with E-state index >= 15 is 0 Å². The number of rotatable bonds is 7. The van der Waals surface area contributed by atoms with Gasteiger partial charge in [-0.05, 0) is 60.4 Å². The molecule has 2 heterocycles. The number of nitrogens with one attached hydrogen (secondary N) is 1. The molecule has 3 aromatic carbocycles. The topological polar surface area (TPSA) is 72.2 Å². The summed E-state index contributed by atoms with van der Waals surface area (Å²) in [5, 5.41) is 3.20. The van der Waals surface area contributed by atoms with E-state index in [9.17, 15) is 14.0 Å². The average Bonchev–Trinajstić information content (AvgIpc) is 3.64. The summed E-state index contributed by atoms with van der Waals surface area (Å²) in [7, 11) is 1.55. The van der Waals surface area contributed by atoms with Crippen molar-refractivity contribution in [3.8, 4) is 22.5 Å². The third-order valence-corrected chi connectivity index (χ3v) is 7.36. The molecule has 2 aromatic heterocycles. The van der Waals surface area contributed by atoms with Crippen LogP contribution in [0, 0.1) is 5.82 Å². The summed E-state index contributed by atoms with van der Waals surface area (Å²) in [6.45, 7) is 0. The van der Waals surface area contributed by atoms with E-state index < -0.39 is 0 Å². The van der Waals surface area contributed by atoms with Crippen molar-refractivity contribution in [1.29, 1.82) is 0 Å². The number of furan rings is 1. The highest BCUT2D eigenvalue weighted by molar-refractivity contribution is 6.11. The van der Waals surface area contributed by atoms with Crippen molar-refractivity contribution in [3.63, 3.8) is 0 Å². The van der Waals surface area contributed by atoms with Gasteiger partial charge in [0.25, 0.3) is 5.91 Å². The maximum Gasteiger partial charge on any atom is 0.255 e. The van der Waals surface area contributed by atoms with Crippen LogP contribution in [0.4, 0.5) is 4.39 Å². The Labute approximate surface area is 219 Å². The molecule has 6 heteroatoms. The van der Waals surface area contributed by atoms with Crippen LogP contribution in [0.25, 0.3) is 33.6 Å². The fraction of sp³-hybridized carbons (Fsp3) is 0.156. The number of aromatic nitrogens is 1. The molecular weight excluding hydrogens is 479 g/mol. The number of benzene rings is 3. The quantitative estimate of drug-likeness (QED) is 0.243. The second-order valence-electron chi connectivity index (χ2n) is 9.80. The highest BCUT2D eigenvalue weighted by Gasteiger charge is 2.45. The molecule has 1 amide bonds. The number of halogens is 1. The predicted molar refractivity (Wildman–Crippen MR) is 145 cm³/mol. The normalized spacial score (nSPS) is 13.8. The van der Waals surface area contributed by atoms with Crippen LogP contribution in [0.15, 0.2) is 95.5 Å². The molecular formula is C32H25FN2O3. The van der Waals surface area contributed by atoms with E-state index in [1.165, 1.54) is 17.7 Å². The van der Waals surface area contributed by atoms with Crippen molar-refractivity contribution in [2.45, 2.75) is 24.7 Å². The van der Waals surface area contributed by atoms with Crippen LogP contribution in [0.2, 0.25) is 0 Å². The minimum Gasteiger partial charge on any atom is -0.437 e. The first kappa shape index (κ1) is 23.8. The largest absolute Gasteiger partial charge is 0.437 e. The number of nitrogens with zero attached hydrogens (tertiary/aromatic N) is 1. The number of Topliss-reactive ketones (excluding diaryl/α,β-unsaturated/α-hetero) is 1. The number of fused-ring (bicyclic) bond motifs is 1. The first-order valence-corrected chi connectivity index (χ1v) is 12.6. The Morgan fingerprint density at radius 1 is 0.921 bits per heavy atom. The Bertz CT molecular complexity index is 1670. The van der Waals surface area contributed by atoms with Crippen LogP contribution >= 0.6 is 0 Å². The van der Waals surface area contributed by atoms with Crippen molar-refractivity contribution in [2.24, 2.45) is 0 Å². The van der Waals surface area contributed by atoms with Crippen LogP contribution < -0.4 is 5.32 Å². The maximum atomic E-state index is 13.5. The van der Waals surface area contributed by atoms with E-state index in [4.69, 9.17) is 4.42 Å². The summed E-state index contributed by atoms with van der Waals surface area (Å²) in [5.74, 6) is -0.280. The minimum atomic E-state index is -0.377. The molecule has 0 spiro atoms. The van der Waals surface area contributed by atoms with Gasteiger partial charge < -0.3 is 9.73 Å². The van der Waals surface area contributed by atoms with Crippen LogP contribution in [0.1, 0.15) is 45.5 Å². The summed E-state index contributed by atoms with van der Waals surface area (Å²) in [6.07, 6.45) is 4.18. The summed E-state index contributed by atoms with van der Waals surface area (Å²) < 4.78 is 19.5. The number of hydrogen-bond acceptors (Lipinski definition) is 4. The van der Waals surface area contributed by atoms with Crippen LogP contribution in [-0.4, -0.2) is 23.7 Å². The van der Waals surface area contributed by atoms with Crippen molar-refractivity contribution >= 4 is 22.8 Å². The first-order valence-electron chi connectivity index (χ1n) is 12.6. The van der Waals surface area contributed by atoms with E-state index in [-0.39, 0.29) is 22.9 Å². The molecule has 0 bridgehead atoms. The molecule has 0 radical (unpaired) electrons. The van der Waals surface area contributed by atoms with Gasteiger partial charge in [-0.2, -0.15) is 0 Å². The van der Waals surface area contributed by atoms with Crippen molar-refractivity contribution in [1.82, 2.24) is 10.3 Å². The Morgan fingerprint density at radius 2 is 1.68 bits per heavy atom. The molecule has 38 heavy (non-hydrogen) atoms. The number of amides is 1. The standard InChI is InChI=1S/C32H25FN2O3/c1-34-30(37)28-26-17-23(19-35-31(26)38-29(28)20-10-12-25(33)13-11-20)21-6-5-7-22(16-21)27(36)18-32(14-15-32)24-8-3-2-4-9-24/h2-13,16-17,19H,14-15,18H2,1H3,(H,34,37). The fourth-order valence-electron chi connectivity index (χ4n) is 5.09. The van der Waals surface area contributed by atoms with E-state index in [2.05, 4.69) is 22.4 Å². The van der Waals surface area contributed by atoms with Crippen LogP contribution in [0.5, 0.6) is 0 Å². The van der Waals surface area contributed by atoms with E-state index in [1.807, 2.05) is 48.5 Å². The number of hydrogen-bond donors (Lipinski definition) is 1. The SMILES string of the molecule is CNC(=O)c1c(-c2ccc(F)cc2)oc2ncc(-c3cccc(C(=O)CC4(c5ccccc5)CC4)c3)cc12. The van der Waals surface area contributed by atoms with Crippen LogP contribution in [-0.2, 0) is 5.41 Å². The summed E-state index contributed by atoms with van der Waals surface area (Å²) in [5.41, 5.74) is 4.59. The van der Waals surface area contributed by atoms with Crippen molar-refractivity contribution in [3.05, 3.63) is 114 Å². The summed E-state index contributed by atoms with van der Waals surface area (Å²) >= 11 is 0. The average molecular weight is 505 g/mol. The molecule has 6 rings (SSSR count). The lowest BCUT2D eigenvalue weighted by atomic mass is 9.88. The fourth-order valence-corrected chi connectivity index (χ4v) is 5.09. The molecule has 1 aliphatic rings. The van der Waals surface area contributed by atoms with E-state index in [1.54, 1.807) is 25.4 Å². The lowest BCUT2D eigenvalue weighted by molar-refractivity contribution is 0.0958. The van der Waals surface area contributed by atoms with E-state index in [0.717, 1.165) is 24.0 Å². The lowest BCUT2D eigenvalue weighted by Gasteiger charge is -2.15. The number of carbonyl (C=O) groups is 2. The number of carbonyl (C=O) groups excluding carboxylic acids is 2. The smallest absolute Gasteiger partial charge is 0.255 e. The van der Waals surface area contributed by atoms with Crippen LogP contribution in [0.3, 0.4) is 0 Å². The molecule has 1 aliphatic carbocycles. The van der Waals surface area contributed by atoms with Crippen molar-refractivity contribution < 1.29 is 18.4 Å². The van der Waals surface area contributed by atoms with Gasteiger partial charge in [-0.1, -0.05) is 48.5 Å². The van der Waals surface area contributed by atoms with Gasteiger partial charge in [-0.15, -0.1) is 0 Å². The van der Waals surface area contributed by atoms with Gasteiger partial charge >= 0.3 is 0 Å². The molecule has 5 nitrogen and oxygen atoms in total. The van der Waals surface area contributed by atoms with Gasteiger partial charge in [0.15, 0.2) is 5.78 Å². The zero-order chi connectivity index (χ0) is 26.3. The molecule has 0 unspecified atom stereocenters. The number of ketones is 1. The predicted octanol–water partition coefficient (Wildman–Crippen LogP) is 6.97. The summed E-state index contributed by atoms with van der Waals surface area (Å²) in [6, 6.07) is 25.4. The monoisotopic (exact) mass is 504 g/mol. The summed E-state index contributed by atoms with van der Waals surface area (Å²) in [4.78, 5) is 30.7. The van der Waals surface area contributed by atoms with Gasteiger partial charge in [0.05, 0.1) is 10.9 Å². The maximum absolute atomic E-state index is 13.5. The lowest BCUT2D eigenvalue weighted by Crippen LogP contribution is -2.18. The molecule has 1 N–H and O–H groups in total. The highest BCUT2D eigenvalue weighted by atomic mass is 19.1. The Kier molecular flexibility index (Phi) is 5.87. The van der Waals surface area contributed by atoms with Gasteiger partial charge in [0, 0.05) is 41.8 Å². The highest BCUT2D eigenvalue weighted by Crippen LogP contribution is 2.51. The minimum absolute atomic E-state index is 0.0647. The Morgan fingerprint density at radius 3 is 2.39 bits per heavy atom. The molecule has 1 saturated carbocycles. The third kappa shape index (κ3) is 4.28. The molecule has 0 atom stereocenters. The van der Waals surface area contributed by atoms with Gasteiger partial charge in [0.2, 0.25) is 5.71 Å². The molecule has 0 aliphatic heterocycles. The Hall–Kier alpha value is -4.58. The zero-order valence-corrected chi connectivity index (χ0v) is 20.8. The Balaban J connectivity index is 1.35. The van der Waals surface area contributed by atoms with Crippen molar-refractivity contribution in [2.75, 3.05) is 7.05 Å². The third-order valence-electron chi connectivity index (χ3n) is 7.36. The van der Waals surface area contributed by atoms with Gasteiger partial charge in [0.1, 0.15) is 11.6 Å². The number of pyridine rings is 1. The molecule has 188 valence electrons. The first-order chi connectivity index (χ1) is 18.5. The molecule has 0 saturated heterocycles. The second-order valence-corrected chi connectivity index (χ2v) is 9.80. The molecule has 5 aromatic rings. The zero-order valence-electron chi connectivity index (χ0n) is 20.8. The van der Waals surface area contributed by atoms with Gasteiger partial charge in [-0.3, -0.25) is 9.59 Å².